The smallest absolute Gasteiger partial charge is 0.308 e. The molecule has 1 aliphatic carbocycles. The molecule has 2 atom stereocenters. The quantitative estimate of drug-likeness (QED) is 0.537. The number of benzene rings is 1. The van der Waals surface area contributed by atoms with E-state index in [-0.39, 0.29) is 23.8 Å². The average Bonchev–Trinajstić information content (AvgIpc) is 3.10. The molecule has 0 spiro atoms. The summed E-state index contributed by atoms with van der Waals surface area (Å²) in [6.45, 7) is 4.51. The average molecular weight is 396 g/mol. The number of methoxy groups -OCH3 is 1. The van der Waals surface area contributed by atoms with E-state index in [9.17, 15) is 9.59 Å². The van der Waals surface area contributed by atoms with Crippen LogP contribution >= 0.6 is 11.6 Å². The molecule has 1 aromatic rings. The van der Waals surface area contributed by atoms with Crippen molar-refractivity contribution in [2.45, 2.75) is 39.2 Å². The lowest BCUT2D eigenvalue weighted by Crippen LogP contribution is -2.32. The number of rotatable bonds is 8. The van der Waals surface area contributed by atoms with Crippen molar-refractivity contribution in [1.29, 1.82) is 0 Å². The molecule has 2 rings (SSSR count). The monoisotopic (exact) mass is 395 g/mol. The second-order valence-corrected chi connectivity index (χ2v) is 6.68. The van der Waals surface area contributed by atoms with Crippen LogP contribution in [-0.4, -0.2) is 38.2 Å². The van der Waals surface area contributed by atoms with Crippen molar-refractivity contribution < 1.29 is 23.8 Å². The number of carbonyl (C=O) groups excluding carboxylic acids is 2. The molecule has 0 bridgehead atoms. The van der Waals surface area contributed by atoms with Crippen LogP contribution in [0.2, 0.25) is 5.02 Å². The van der Waals surface area contributed by atoms with Gasteiger partial charge in [0.1, 0.15) is 0 Å². The maximum absolute atomic E-state index is 12.2. The van der Waals surface area contributed by atoms with Crippen LogP contribution in [0.1, 0.15) is 38.7 Å². The van der Waals surface area contributed by atoms with Crippen LogP contribution in [0.3, 0.4) is 0 Å². The Labute approximate surface area is 164 Å². The second-order valence-electron chi connectivity index (χ2n) is 6.27. The highest BCUT2D eigenvalue weighted by Gasteiger charge is 2.31. The number of nitrogens with one attached hydrogen (secondary N) is 1. The highest BCUT2D eigenvalue weighted by atomic mass is 35.5. The third-order valence-electron chi connectivity index (χ3n) is 4.37. The molecule has 1 aliphatic rings. The molecule has 0 aromatic heterocycles. The molecular weight excluding hydrogens is 370 g/mol. The molecule has 1 amide bonds. The standard InChI is InChI=1S/C20H26ClNO5/c1-4-26-19-16(21)10-13(11-17(19)25-3)6-9-18(23)22-15-8-7-14(12-15)20(24)27-5-2/h6,9-11,14-15H,4-5,7-8,12H2,1-3H3,(H,22,23)/b9-6+. The lowest BCUT2D eigenvalue weighted by Gasteiger charge is -2.12. The molecule has 27 heavy (non-hydrogen) atoms. The van der Waals surface area contributed by atoms with Crippen LogP contribution in [0.25, 0.3) is 6.08 Å². The number of hydrogen-bond donors (Lipinski definition) is 1. The van der Waals surface area contributed by atoms with Gasteiger partial charge >= 0.3 is 5.97 Å². The lowest BCUT2D eigenvalue weighted by atomic mass is 10.1. The number of carbonyl (C=O) groups is 2. The Kier molecular flexibility index (Phi) is 7.98. The Bertz CT molecular complexity index is 704. The number of ether oxygens (including phenoxy) is 3. The summed E-state index contributed by atoms with van der Waals surface area (Å²) in [5.74, 6) is 0.472. The molecule has 0 radical (unpaired) electrons. The fourth-order valence-electron chi connectivity index (χ4n) is 3.13. The normalized spacial score (nSPS) is 19.1. The minimum atomic E-state index is -0.214. The number of halogens is 1. The van der Waals surface area contributed by atoms with Gasteiger partial charge in [-0.05, 0) is 56.9 Å². The summed E-state index contributed by atoms with van der Waals surface area (Å²) in [6.07, 6.45) is 5.23. The van der Waals surface area contributed by atoms with Gasteiger partial charge in [-0.25, -0.2) is 0 Å². The largest absolute Gasteiger partial charge is 0.493 e. The van der Waals surface area contributed by atoms with Gasteiger partial charge in [0.2, 0.25) is 5.91 Å². The number of amides is 1. The molecule has 6 nitrogen and oxygen atoms in total. The molecule has 0 heterocycles. The van der Waals surface area contributed by atoms with Crippen molar-refractivity contribution in [3.05, 3.63) is 28.8 Å². The van der Waals surface area contributed by atoms with E-state index in [2.05, 4.69) is 5.32 Å². The predicted octanol–water partition coefficient (Wildman–Crippen LogP) is 3.61. The molecular formula is C20H26ClNO5. The van der Waals surface area contributed by atoms with Crippen LogP contribution in [-0.2, 0) is 14.3 Å². The molecule has 148 valence electrons. The minimum Gasteiger partial charge on any atom is -0.493 e. The van der Waals surface area contributed by atoms with Gasteiger partial charge in [0, 0.05) is 12.1 Å². The van der Waals surface area contributed by atoms with Gasteiger partial charge in [0.15, 0.2) is 11.5 Å². The van der Waals surface area contributed by atoms with Gasteiger partial charge in [-0.15, -0.1) is 0 Å². The zero-order chi connectivity index (χ0) is 19.8. The van der Waals surface area contributed by atoms with Crippen molar-refractivity contribution in [3.8, 4) is 11.5 Å². The van der Waals surface area contributed by atoms with Gasteiger partial charge in [0.05, 0.1) is 31.3 Å². The first-order valence-electron chi connectivity index (χ1n) is 9.14. The molecule has 1 saturated carbocycles. The number of hydrogen-bond acceptors (Lipinski definition) is 5. The zero-order valence-corrected chi connectivity index (χ0v) is 16.7. The summed E-state index contributed by atoms with van der Waals surface area (Å²) in [5.41, 5.74) is 0.728. The first-order chi connectivity index (χ1) is 13.0. The zero-order valence-electron chi connectivity index (χ0n) is 15.9. The van der Waals surface area contributed by atoms with Gasteiger partial charge in [-0.2, -0.15) is 0 Å². The van der Waals surface area contributed by atoms with Crippen LogP contribution in [0.15, 0.2) is 18.2 Å². The molecule has 1 N–H and O–H groups in total. The van der Waals surface area contributed by atoms with E-state index in [0.29, 0.717) is 36.2 Å². The van der Waals surface area contributed by atoms with Crippen molar-refractivity contribution in [1.82, 2.24) is 5.32 Å². The van der Waals surface area contributed by atoms with E-state index in [1.54, 1.807) is 25.1 Å². The van der Waals surface area contributed by atoms with Crippen LogP contribution in [0.5, 0.6) is 11.5 Å². The minimum absolute atomic E-state index is 0.0185. The van der Waals surface area contributed by atoms with Crippen LogP contribution < -0.4 is 14.8 Å². The van der Waals surface area contributed by atoms with Gasteiger partial charge in [-0.1, -0.05) is 11.6 Å². The van der Waals surface area contributed by atoms with Gasteiger partial charge in [-0.3, -0.25) is 9.59 Å². The number of esters is 1. The lowest BCUT2D eigenvalue weighted by molar-refractivity contribution is -0.147. The fourth-order valence-corrected chi connectivity index (χ4v) is 3.40. The van der Waals surface area contributed by atoms with Crippen LogP contribution in [0.4, 0.5) is 0 Å². The van der Waals surface area contributed by atoms with E-state index < -0.39 is 0 Å². The Morgan fingerprint density at radius 1 is 1.26 bits per heavy atom. The summed E-state index contributed by atoms with van der Waals surface area (Å²) in [5, 5.41) is 3.35. The van der Waals surface area contributed by atoms with E-state index in [0.717, 1.165) is 18.4 Å². The maximum Gasteiger partial charge on any atom is 0.308 e. The Morgan fingerprint density at radius 2 is 2.04 bits per heavy atom. The van der Waals surface area contributed by atoms with Crippen molar-refractivity contribution >= 4 is 29.6 Å². The van der Waals surface area contributed by atoms with E-state index in [4.69, 9.17) is 25.8 Å². The highest BCUT2D eigenvalue weighted by Crippen LogP contribution is 2.36. The van der Waals surface area contributed by atoms with E-state index >= 15 is 0 Å². The third-order valence-corrected chi connectivity index (χ3v) is 4.65. The molecule has 0 aliphatic heterocycles. The van der Waals surface area contributed by atoms with E-state index in [1.807, 2.05) is 6.92 Å². The summed E-state index contributed by atoms with van der Waals surface area (Å²) < 4.78 is 15.8. The maximum atomic E-state index is 12.2. The molecule has 2 unspecified atom stereocenters. The van der Waals surface area contributed by atoms with Crippen molar-refractivity contribution in [3.63, 3.8) is 0 Å². The van der Waals surface area contributed by atoms with Gasteiger partial charge in [0.25, 0.3) is 0 Å². The molecule has 1 fully saturated rings. The van der Waals surface area contributed by atoms with E-state index in [1.165, 1.54) is 13.2 Å². The summed E-state index contributed by atoms with van der Waals surface area (Å²) in [4.78, 5) is 24.0. The third kappa shape index (κ3) is 5.89. The Morgan fingerprint density at radius 3 is 2.70 bits per heavy atom. The highest BCUT2D eigenvalue weighted by molar-refractivity contribution is 6.32. The molecule has 0 saturated heterocycles. The van der Waals surface area contributed by atoms with Crippen molar-refractivity contribution in [2.24, 2.45) is 5.92 Å². The molecule has 1 aromatic carbocycles. The fraction of sp³-hybridized carbons (Fsp3) is 0.500. The predicted molar refractivity (Wildman–Crippen MR) is 104 cm³/mol. The first kappa shape index (κ1) is 21.1. The topological polar surface area (TPSA) is 73.9 Å². The second kappa shape index (κ2) is 10.2. The summed E-state index contributed by atoms with van der Waals surface area (Å²) >= 11 is 6.23. The summed E-state index contributed by atoms with van der Waals surface area (Å²) in [7, 11) is 1.54. The van der Waals surface area contributed by atoms with Crippen LogP contribution in [0, 0.1) is 5.92 Å². The Hall–Kier alpha value is -2.21. The molecule has 7 heteroatoms. The summed E-state index contributed by atoms with van der Waals surface area (Å²) in [6, 6.07) is 3.45. The van der Waals surface area contributed by atoms with Crippen molar-refractivity contribution in [2.75, 3.05) is 20.3 Å². The van der Waals surface area contributed by atoms with Gasteiger partial charge < -0.3 is 19.5 Å². The first-order valence-corrected chi connectivity index (χ1v) is 9.51. The SMILES string of the molecule is CCOC(=O)C1CCC(NC(=O)/C=C/c2cc(Cl)c(OCC)c(OC)c2)C1. The Balaban J connectivity index is 1.95.